The molecule has 2 aliphatic rings. The van der Waals surface area contributed by atoms with Crippen LogP contribution in [-0.4, -0.2) is 21.9 Å². The minimum atomic E-state index is 0.428. The molecule has 1 saturated carbocycles. The Morgan fingerprint density at radius 2 is 2.00 bits per heavy atom. The first kappa shape index (κ1) is 7.04. The predicted molar refractivity (Wildman–Crippen MR) is 46.4 cm³/mol. The molecule has 0 spiro atoms. The van der Waals surface area contributed by atoms with Crippen molar-refractivity contribution in [3.63, 3.8) is 0 Å². The fourth-order valence-electron chi connectivity index (χ4n) is 1.33. The van der Waals surface area contributed by atoms with Gasteiger partial charge in [0.15, 0.2) is 0 Å². The van der Waals surface area contributed by atoms with Crippen molar-refractivity contribution in [2.45, 2.75) is 17.4 Å². The zero-order valence-corrected chi connectivity index (χ0v) is 7.34. The Kier molecular flexibility index (Phi) is 1.96. The summed E-state index contributed by atoms with van der Waals surface area (Å²) < 4.78 is 0.626. The van der Waals surface area contributed by atoms with Crippen LogP contribution in [0.25, 0.3) is 0 Å². The number of hydrogen-bond donors (Lipinski definition) is 0. The van der Waals surface area contributed by atoms with Gasteiger partial charge in [-0.2, -0.15) is 0 Å². The van der Waals surface area contributed by atoms with Crippen LogP contribution in [0.15, 0.2) is 0 Å². The Labute approximate surface area is 69.3 Å². The maximum atomic E-state index is 11.0. The highest BCUT2D eigenvalue weighted by Crippen LogP contribution is 2.43. The van der Waals surface area contributed by atoms with Crippen LogP contribution in [0.1, 0.15) is 12.8 Å². The van der Waals surface area contributed by atoms with Gasteiger partial charge in [-0.25, -0.2) is 0 Å². The molecule has 1 unspecified atom stereocenters. The third kappa shape index (κ3) is 1.10. The van der Waals surface area contributed by atoms with Crippen LogP contribution in [0.3, 0.4) is 0 Å². The summed E-state index contributed by atoms with van der Waals surface area (Å²) in [5.74, 6) is 3.43. The number of ketones is 1. The van der Waals surface area contributed by atoms with E-state index >= 15 is 0 Å². The molecule has 0 aromatic carbocycles. The van der Waals surface area contributed by atoms with Gasteiger partial charge in [-0.1, -0.05) is 0 Å². The van der Waals surface area contributed by atoms with E-state index in [2.05, 4.69) is 0 Å². The summed E-state index contributed by atoms with van der Waals surface area (Å²) in [4.78, 5) is 11.0. The smallest absolute Gasteiger partial charge is 0.137 e. The number of Topliss-reactive ketones (excluding diaryl/α,β-unsaturated/α-hetero) is 1. The van der Waals surface area contributed by atoms with Crippen molar-refractivity contribution in [1.82, 2.24) is 0 Å². The first-order valence-corrected chi connectivity index (χ1v) is 5.73. The van der Waals surface area contributed by atoms with Crippen LogP contribution in [0, 0.1) is 5.92 Å². The van der Waals surface area contributed by atoms with Crippen molar-refractivity contribution in [1.29, 1.82) is 0 Å². The zero-order valence-electron chi connectivity index (χ0n) is 5.71. The largest absolute Gasteiger partial charge is 0.299 e. The van der Waals surface area contributed by atoms with Gasteiger partial charge >= 0.3 is 0 Å². The van der Waals surface area contributed by atoms with Crippen LogP contribution in [-0.2, 0) is 4.79 Å². The van der Waals surface area contributed by atoms with Crippen molar-refractivity contribution < 1.29 is 4.79 Å². The maximum Gasteiger partial charge on any atom is 0.137 e. The summed E-state index contributed by atoms with van der Waals surface area (Å²) in [5.41, 5.74) is 0. The van der Waals surface area contributed by atoms with E-state index < -0.39 is 0 Å². The maximum absolute atomic E-state index is 11.0. The summed E-state index contributed by atoms with van der Waals surface area (Å²) in [6, 6.07) is 0. The quantitative estimate of drug-likeness (QED) is 0.603. The molecule has 0 bridgehead atoms. The predicted octanol–water partition coefficient (Wildman–Crippen LogP) is 1.77. The van der Waals surface area contributed by atoms with E-state index in [0.29, 0.717) is 16.3 Å². The Hall–Kier alpha value is 0.370. The number of carbonyl (C=O) groups is 1. The highest BCUT2D eigenvalue weighted by Gasteiger charge is 2.37. The van der Waals surface area contributed by atoms with Gasteiger partial charge in [-0.3, -0.25) is 4.79 Å². The molecular formula is C7H10OS2. The van der Waals surface area contributed by atoms with Crippen molar-refractivity contribution >= 4 is 29.3 Å². The first-order valence-electron chi connectivity index (χ1n) is 3.64. The molecule has 2 rings (SSSR count). The lowest BCUT2D eigenvalue weighted by Crippen LogP contribution is -2.31. The molecule has 1 heterocycles. The van der Waals surface area contributed by atoms with E-state index in [9.17, 15) is 4.79 Å². The molecule has 0 aromatic heterocycles. The SMILES string of the molecule is O=C1CCC1C1SCCS1. The fourth-order valence-corrected chi connectivity index (χ4v) is 4.56. The van der Waals surface area contributed by atoms with E-state index in [4.69, 9.17) is 0 Å². The zero-order chi connectivity index (χ0) is 6.97. The average Bonchev–Trinajstić information content (AvgIpc) is 2.37. The second-order valence-electron chi connectivity index (χ2n) is 2.72. The van der Waals surface area contributed by atoms with Crippen molar-refractivity contribution in [2.75, 3.05) is 11.5 Å². The Bertz CT molecular complexity index is 152. The second-order valence-corrected chi connectivity index (χ2v) is 5.52. The average molecular weight is 174 g/mol. The Morgan fingerprint density at radius 1 is 1.30 bits per heavy atom. The number of thioether (sulfide) groups is 2. The van der Waals surface area contributed by atoms with Crippen molar-refractivity contribution in [3.05, 3.63) is 0 Å². The molecule has 0 aromatic rings. The summed E-state index contributed by atoms with van der Waals surface area (Å²) in [7, 11) is 0. The Balaban J connectivity index is 1.92. The van der Waals surface area contributed by atoms with Crippen LogP contribution in [0.2, 0.25) is 0 Å². The molecule has 1 aliphatic heterocycles. The number of rotatable bonds is 1. The Morgan fingerprint density at radius 3 is 2.40 bits per heavy atom. The van der Waals surface area contributed by atoms with Gasteiger partial charge in [0.1, 0.15) is 5.78 Å². The van der Waals surface area contributed by atoms with E-state index in [1.165, 1.54) is 11.5 Å². The van der Waals surface area contributed by atoms with E-state index in [0.717, 1.165) is 12.8 Å². The van der Waals surface area contributed by atoms with Crippen molar-refractivity contribution in [2.24, 2.45) is 5.92 Å². The first-order chi connectivity index (χ1) is 4.88. The van der Waals surface area contributed by atoms with Gasteiger partial charge in [-0.15, -0.1) is 23.5 Å². The summed E-state index contributed by atoms with van der Waals surface area (Å²) >= 11 is 3.94. The third-order valence-corrected chi connectivity index (χ3v) is 5.36. The molecule has 1 atom stereocenters. The van der Waals surface area contributed by atoms with Gasteiger partial charge in [-0.05, 0) is 6.42 Å². The van der Waals surface area contributed by atoms with Gasteiger partial charge in [0.05, 0.1) is 4.58 Å². The molecule has 1 saturated heterocycles. The minimum absolute atomic E-state index is 0.428. The molecule has 0 radical (unpaired) electrons. The third-order valence-electron chi connectivity index (χ3n) is 2.09. The minimum Gasteiger partial charge on any atom is -0.299 e. The lowest BCUT2D eigenvalue weighted by molar-refractivity contribution is -0.128. The van der Waals surface area contributed by atoms with E-state index in [1.54, 1.807) is 0 Å². The van der Waals surface area contributed by atoms with Crippen LogP contribution >= 0.6 is 23.5 Å². The van der Waals surface area contributed by atoms with Gasteiger partial charge in [0.2, 0.25) is 0 Å². The van der Waals surface area contributed by atoms with Gasteiger partial charge in [0, 0.05) is 23.8 Å². The lowest BCUT2D eigenvalue weighted by Gasteiger charge is -2.28. The topological polar surface area (TPSA) is 17.1 Å². The van der Waals surface area contributed by atoms with Gasteiger partial charge < -0.3 is 0 Å². The monoisotopic (exact) mass is 174 g/mol. The molecular weight excluding hydrogens is 164 g/mol. The van der Waals surface area contributed by atoms with Crippen LogP contribution in [0.5, 0.6) is 0 Å². The van der Waals surface area contributed by atoms with Gasteiger partial charge in [0.25, 0.3) is 0 Å². The number of carbonyl (C=O) groups excluding carboxylic acids is 1. The standard InChI is InChI=1S/C7H10OS2/c8-6-2-1-5(6)7-9-3-4-10-7/h5,7H,1-4H2. The molecule has 56 valence electrons. The fraction of sp³-hybridized carbons (Fsp3) is 0.857. The highest BCUT2D eigenvalue weighted by atomic mass is 32.2. The number of hydrogen-bond acceptors (Lipinski definition) is 3. The molecule has 10 heavy (non-hydrogen) atoms. The van der Waals surface area contributed by atoms with Crippen molar-refractivity contribution in [3.8, 4) is 0 Å². The molecule has 0 N–H and O–H groups in total. The molecule has 2 fully saturated rings. The van der Waals surface area contributed by atoms with E-state index in [-0.39, 0.29) is 0 Å². The summed E-state index contributed by atoms with van der Waals surface area (Å²) in [5, 5.41) is 0. The highest BCUT2D eigenvalue weighted by molar-refractivity contribution is 8.20. The normalized spacial score (nSPS) is 34.4. The summed E-state index contributed by atoms with van der Waals surface area (Å²) in [6.07, 6.45) is 2.01. The lowest BCUT2D eigenvalue weighted by atomic mass is 9.85. The molecule has 0 amide bonds. The molecule has 1 nitrogen and oxygen atoms in total. The summed E-state index contributed by atoms with van der Waals surface area (Å²) in [6.45, 7) is 0. The molecule has 3 heteroatoms. The molecule has 1 aliphatic carbocycles. The van der Waals surface area contributed by atoms with E-state index in [1.807, 2.05) is 23.5 Å². The van der Waals surface area contributed by atoms with Crippen LogP contribution in [0.4, 0.5) is 0 Å². The van der Waals surface area contributed by atoms with Crippen LogP contribution < -0.4 is 0 Å². The second kappa shape index (κ2) is 2.78.